The summed E-state index contributed by atoms with van der Waals surface area (Å²) >= 11 is 13.3. The van der Waals surface area contributed by atoms with Crippen molar-refractivity contribution in [3.63, 3.8) is 0 Å². The molecule has 0 aliphatic carbocycles. The molecule has 2 rings (SSSR count). The zero-order valence-corrected chi connectivity index (χ0v) is 13.0. The first kappa shape index (κ1) is 15.1. The molecule has 106 valence electrons. The predicted molar refractivity (Wildman–Crippen MR) is 81.1 cm³/mol. The fourth-order valence-corrected chi connectivity index (χ4v) is 3.91. The molecule has 1 saturated heterocycles. The van der Waals surface area contributed by atoms with Gasteiger partial charge < -0.3 is 10.6 Å². The van der Waals surface area contributed by atoms with Crippen LogP contribution in [0.2, 0.25) is 8.67 Å². The summed E-state index contributed by atoms with van der Waals surface area (Å²) < 4.78 is 1.44. The maximum atomic E-state index is 12.0. The largest absolute Gasteiger partial charge is 0.341 e. The van der Waals surface area contributed by atoms with Gasteiger partial charge in [-0.05, 0) is 37.3 Å². The summed E-state index contributed by atoms with van der Waals surface area (Å²) in [6.07, 6.45) is 4.19. The topological polar surface area (TPSA) is 46.3 Å². The zero-order chi connectivity index (χ0) is 13.8. The second-order valence-corrected chi connectivity index (χ2v) is 7.23. The molecule has 19 heavy (non-hydrogen) atoms. The average molecular weight is 321 g/mol. The molecule has 1 atom stereocenters. The molecule has 1 fully saturated rings. The van der Waals surface area contributed by atoms with Crippen LogP contribution in [0.1, 0.15) is 31.2 Å². The second kappa shape index (κ2) is 6.93. The van der Waals surface area contributed by atoms with Gasteiger partial charge in [-0.3, -0.25) is 4.79 Å². The number of amides is 1. The lowest BCUT2D eigenvalue weighted by atomic mass is 10.1. The van der Waals surface area contributed by atoms with Crippen LogP contribution >= 0.6 is 34.5 Å². The van der Waals surface area contributed by atoms with Gasteiger partial charge in [0.15, 0.2) is 0 Å². The Morgan fingerprint density at radius 1 is 1.53 bits per heavy atom. The van der Waals surface area contributed by atoms with Crippen LogP contribution in [0, 0.1) is 0 Å². The fraction of sp³-hybridized carbons (Fsp3) is 0.615. The van der Waals surface area contributed by atoms with E-state index in [2.05, 4.69) is 0 Å². The monoisotopic (exact) mass is 320 g/mol. The number of aryl methyl sites for hydroxylation is 1. The molecule has 1 unspecified atom stereocenters. The lowest BCUT2D eigenvalue weighted by molar-refractivity contribution is -0.132. The number of carbonyl (C=O) groups excluding carboxylic acids is 1. The Labute approximate surface area is 127 Å². The number of nitrogens with two attached hydrogens (primary N) is 1. The molecular weight excluding hydrogens is 303 g/mol. The van der Waals surface area contributed by atoms with Gasteiger partial charge in [0.05, 0.1) is 8.67 Å². The number of carbonyl (C=O) groups is 1. The number of halogens is 2. The minimum Gasteiger partial charge on any atom is -0.341 e. The van der Waals surface area contributed by atoms with E-state index in [4.69, 9.17) is 28.9 Å². The van der Waals surface area contributed by atoms with Crippen molar-refractivity contribution in [3.05, 3.63) is 20.3 Å². The summed E-state index contributed by atoms with van der Waals surface area (Å²) in [7, 11) is 0. The molecule has 2 N–H and O–H groups in total. The third-order valence-corrected chi connectivity index (χ3v) is 4.94. The van der Waals surface area contributed by atoms with Crippen LogP contribution in [0.3, 0.4) is 0 Å². The number of nitrogens with zero attached hydrogens (tertiary/aromatic N) is 1. The fourth-order valence-electron chi connectivity index (χ4n) is 2.37. The van der Waals surface area contributed by atoms with E-state index >= 15 is 0 Å². The van der Waals surface area contributed by atoms with Gasteiger partial charge in [0.2, 0.25) is 5.91 Å². The molecule has 1 amide bonds. The summed E-state index contributed by atoms with van der Waals surface area (Å²) in [6.45, 7) is 1.54. The normalized spacial score (nSPS) is 19.7. The van der Waals surface area contributed by atoms with Crippen molar-refractivity contribution in [2.24, 2.45) is 5.73 Å². The predicted octanol–water partition coefficient (Wildman–Crippen LogP) is 3.33. The Kier molecular flexibility index (Phi) is 5.51. The third kappa shape index (κ3) is 4.35. The molecule has 2 heterocycles. The lowest BCUT2D eigenvalue weighted by Crippen LogP contribution is -2.45. The Balaban J connectivity index is 1.76. The van der Waals surface area contributed by atoms with Crippen LogP contribution < -0.4 is 5.73 Å². The van der Waals surface area contributed by atoms with Crippen molar-refractivity contribution < 1.29 is 4.79 Å². The zero-order valence-electron chi connectivity index (χ0n) is 10.7. The molecule has 0 radical (unpaired) electrons. The summed E-state index contributed by atoms with van der Waals surface area (Å²) in [6, 6.07) is 2.03. The highest BCUT2D eigenvalue weighted by Gasteiger charge is 2.20. The van der Waals surface area contributed by atoms with Crippen LogP contribution in [0.4, 0.5) is 0 Å². The minimum atomic E-state index is 0.142. The molecule has 1 aromatic rings. The van der Waals surface area contributed by atoms with E-state index in [-0.39, 0.29) is 11.9 Å². The highest BCUT2D eigenvalue weighted by Crippen LogP contribution is 2.32. The maximum absolute atomic E-state index is 12.0. The second-order valence-electron chi connectivity index (χ2n) is 4.95. The van der Waals surface area contributed by atoms with Crippen LogP contribution in [-0.2, 0) is 11.2 Å². The quantitative estimate of drug-likeness (QED) is 0.924. The molecule has 0 spiro atoms. The summed E-state index contributed by atoms with van der Waals surface area (Å²) in [5.74, 6) is 0.201. The van der Waals surface area contributed by atoms with Gasteiger partial charge in [0, 0.05) is 25.6 Å². The molecule has 0 aromatic carbocycles. The third-order valence-electron chi connectivity index (χ3n) is 3.37. The smallest absolute Gasteiger partial charge is 0.222 e. The van der Waals surface area contributed by atoms with Crippen molar-refractivity contribution in [3.8, 4) is 0 Å². The standard InChI is InChI=1S/C13H18Cl2N2OS/c14-11-7-9(13(15)19-11)3-1-5-12(18)17-6-2-4-10(16)8-17/h7,10H,1-6,8,16H2. The number of piperidine rings is 1. The van der Waals surface area contributed by atoms with Gasteiger partial charge in [-0.25, -0.2) is 0 Å². The Hall–Kier alpha value is -0.290. The van der Waals surface area contributed by atoms with E-state index in [1.54, 1.807) is 0 Å². The Morgan fingerprint density at radius 2 is 2.32 bits per heavy atom. The average Bonchev–Trinajstić information content (AvgIpc) is 2.68. The van der Waals surface area contributed by atoms with Crippen molar-refractivity contribution in [1.29, 1.82) is 0 Å². The van der Waals surface area contributed by atoms with Crippen LogP contribution in [0.25, 0.3) is 0 Å². The number of hydrogen-bond acceptors (Lipinski definition) is 3. The molecule has 1 aliphatic rings. The van der Waals surface area contributed by atoms with E-state index in [0.29, 0.717) is 17.3 Å². The molecule has 1 aliphatic heterocycles. The van der Waals surface area contributed by atoms with Crippen molar-refractivity contribution in [2.45, 2.75) is 38.1 Å². The van der Waals surface area contributed by atoms with Crippen LogP contribution in [-0.4, -0.2) is 29.9 Å². The van der Waals surface area contributed by atoms with Crippen LogP contribution in [0.15, 0.2) is 6.07 Å². The lowest BCUT2D eigenvalue weighted by Gasteiger charge is -2.30. The van der Waals surface area contributed by atoms with Gasteiger partial charge in [-0.2, -0.15) is 0 Å². The van der Waals surface area contributed by atoms with Crippen molar-refractivity contribution in [1.82, 2.24) is 4.90 Å². The van der Waals surface area contributed by atoms with E-state index in [0.717, 1.165) is 42.1 Å². The summed E-state index contributed by atoms with van der Waals surface area (Å²) in [5, 5.41) is 0. The molecule has 1 aromatic heterocycles. The van der Waals surface area contributed by atoms with Crippen LogP contribution in [0.5, 0.6) is 0 Å². The van der Waals surface area contributed by atoms with E-state index in [9.17, 15) is 4.79 Å². The molecule has 0 saturated carbocycles. The van der Waals surface area contributed by atoms with E-state index in [1.165, 1.54) is 11.3 Å². The van der Waals surface area contributed by atoms with E-state index < -0.39 is 0 Å². The SMILES string of the molecule is NC1CCCN(C(=O)CCCc2cc(Cl)sc2Cl)C1. The molecular formula is C13H18Cl2N2OS. The minimum absolute atomic E-state index is 0.142. The van der Waals surface area contributed by atoms with Crippen molar-refractivity contribution >= 4 is 40.4 Å². The maximum Gasteiger partial charge on any atom is 0.222 e. The van der Waals surface area contributed by atoms with Gasteiger partial charge >= 0.3 is 0 Å². The van der Waals surface area contributed by atoms with Gasteiger partial charge in [0.1, 0.15) is 0 Å². The molecule has 3 nitrogen and oxygen atoms in total. The Bertz CT molecular complexity index is 450. The number of rotatable bonds is 4. The Morgan fingerprint density at radius 3 is 2.95 bits per heavy atom. The molecule has 6 heteroatoms. The van der Waals surface area contributed by atoms with Gasteiger partial charge in [-0.1, -0.05) is 23.2 Å². The number of thiophene rings is 1. The number of likely N-dealkylation sites (tertiary alicyclic amines) is 1. The highest BCUT2D eigenvalue weighted by molar-refractivity contribution is 7.20. The summed E-state index contributed by atoms with van der Waals surface area (Å²) in [5.41, 5.74) is 6.92. The van der Waals surface area contributed by atoms with Gasteiger partial charge in [-0.15, -0.1) is 11.3 Å². The first-order valence-electron chi connectivity index (χ1n) is 6.53. The number of hydrogen-bond donors (Lipinski definition) is 1. The van der Waals surface area contributed by atoms with Gasteiger partial charge in [0.25, 0.3) is 0 Å². The molecule has 0 bridgehead atoms. The first-order valence-corrected chi connectivity index (χ1v) is 8.10. The summed E-state index contributed by atoms with van der Waals surface area (Å²) in [4.78, 5) is 13.9. The van der Waals surface area contributed by atoms with Crippen molar-refractivity contribution in [2.75, 3.05) is 13.1 Å². The highest BCUT2D eigenvalue weighted by atomic mass is 35.5. The first-order chi connectivity index (χ1) is 9.06. The van der Waals surface area contributed by atoms with E-state index in [1.807, 2.05) is 11.0 Å².